The van der Waals surface area contributed by atoms with Gasteiger partial charge < -0.3 is 18.3 Å². The van der Waals surface area contributed by atoms with Crippen LogP contribution in [0.2, 0.25) is 0 Å². The van der Waals surface area contributed by atoms with Gasteiger partial charge >= 0.3 is 0 Å². The van der Waals surface area contributed by atoms with Gasteiger partial charge in [-0.1, -0.05) is 146 Å². The molecule has 0 spiro atoms. The Morgan fingerprint density at radius 1 is 0.259 bits per heavy atom. The predicted octanol–water partition coefficient (Wildman–Crippen LogP) is 17.1. The summed E-state index contributed by atoms with van der Waals surface area (Å²) < 4.78 is 10.7. The third-order valence-corrected chi connectivity index (χ3v) is 17.7. The van der Waals surface area contributed by atoms with E-state index in [1.165, 1.54) is 0 Å². The van der Waals surface area contributed by atoms with E-state index in [9.17, 15) is 0 Å². The molecule has 0 amide bonds. The van der Waals surface area contributed by atoms with Crippen molar-refractivity contribution in [1.29, 1.82) is 0 Å². The lowest BCUT2D eigenvalue weighted by atomic mass is 9.96. The van der Waals surface area contributed by atoms with Crippen LogP contribution in [0.4, 0.5) is 0 Å². The lowest BCUT2D eigenvalue weighted by Gasteiger charge is -2.30. The van der Waals surface area contributed by atoms with Crippen LogP contribution < -0.4 is 0 Å². The van der Waals surface area contributed by atoms with Crippen LogP contribution in [0.3, 0.4) is 0 Å². The lowest BCUT2D eigenvalue weighted by molar-refractivity contribution is 1.02. The molecule has 0 atom stereocenters. The van der Waals surface area contributed by atoms with Crippen molar-refractivity contribution in [3.05, 3.63) is 256 Å². The lowest BCUT2D eigenvalue weighted by Crippen LogP contribution is -2.17. The Kier molecular flexibility index (Phi) is 10.3. The summed E-state index contributed by atoms with van der Waals surface area (Å²) in [6.07, 6.45) is 15.5. The van der Waals surface area contributed by atoms with Crippen molar-refractivity contribution in [2.24, 2.45) is 0 Å². The van der Waals surface area contributed by atoms with Crippen molar-refractivity contribution in [2.75, 3.05) is 0 Å². The molecule has 18 rings (SSSR count). The minimum absolute atomic E-state index is 0.429. The summed E-state index contributed by atoms with van der Waals surface area (Å²) in [5.41, 5.74) is 14.7. The molecule has 8 aromatic carbocycles. The fourth-order valence-electron chi connectivity index (χ4n) is 13.1. The number of aromatic nitrogens is 12. The van der Waals surface area contributed by atoms with E-state index in [0.717, 1.165) is 142 Å². The van der Waals surface area contributed by atoms with E-state index in [1.54, 1.807) is 11.3 Å². The first kappa shape index (κ1) is 47.1. The number of hydrogen-bond acceptors (Lipinski definition) is 9. The summed E-state index contributed by atoms with van der Waals surface area (Å²) in [7, 11) is 0. The Bertz CT molecular complexity index is 5200. The molecule has 0 aliphatic heterocycles. The Balaban J connectivity index is 1.23. The number of fused-ring (bicyclic) bond motifs is 13. The molecule has 13 heteroatoms. The van der Waals surface area contributed by atoms with Crippen molar-refractivity contribution in [1.82, 2.24) is 58.1 Å². The van der Waals surface area contributed by atoms with Gasteiger partial charge in [-0.3, -0.25) is 19.9 Å². The summed E-state index contributed by atoms with van der Waals surface area (Å²) in [5, 5.41) is 9.13. The van der Waals surface area contributed by atoms with E-state index in [4.69, 9.17) is 39.9 Å². The molecule has 0 saturated carbocycles. The molecule has 85 heavy (non-hydrogen) atoms. The molecule has 0 aliphatic carbocycles. The number of benzene rings is 8. The monoisotopic (exact) mass is 1110 g/mol. The summed E-state index contributed by atoms with van der Waals surface area (Å²) in [6.45, 7) is 0. The average Bonchev–Trinajstić information content (AvgIpc) is 1.68. The predicted molar refractivity (Wildman–Crippen MR) is 343 cm³/mol. The highest BCUT2D eigenvalue weighted by Gasteiger charge is 2.38. The minimum atomic E-state index is 0.429. The molecule has 0 radical (unpaired) electrons. The van der Waals surface area contributed by atoms with Crippen molar-refractivity contribution >= 4 is 109 Å². The third-order valence-electron chi connectivity index (χ3n) is 16.6. The van der Waals surface area contributed by atoms with Gasteiger partial charge in [0.05, 0.1) is 113 Å². The van der Waals surface area contributed by atoms with E-state index in [2.05, 4.69) is 188 Å². The molecule has 0 bridgehead atoms. The van der Waals surface area contributed by atoms with E-state index in [1.807, 2.05) is 86.0 Å². The van der Waals surface area contributed by atoms with Gasteiger partial charge in [0, 0.05) is 79.0 Å². The molecule has 18 aromatic rings. The van der Waals surface area contributed by atoms with Crippen LogP contribution in [-0.2, 0) is 0 Å². The molecule has 0 saturated heterocycles. The van der Waals surface area contributed by atoms with E-state index >= 15 is 0 Å². The molecular formula is C72H42N12S. The second-order valence-electron chi connectivity index (χ2n) is 21.2. The van der Waals surface area contributed by atoms with Crippen LogP contribution in [0, 0.1) is 0 Å². The first-order valence-electron chi connectivity index (χ1n) is 28.0. The Morgan fingerprint density at radius 2 is 0.576 bits per heavy atom. The summed E-state index contributed by atoms with van der Waals surface area (Å²) in [5.74, 6) is 1.45. The van der Waals surface area contributed by atoms with Crippen LogP contribution >= 0.6 is 11.3 Å². The number of para-hydroxylation sites is 5. The van der Waals surface area contributed by atoms with E-state index in [0.29, 0.717) is 23.0 Å². The normalized spacial score (nSPS) is 12.0. The van der Waals surface area contributed by atoms with Crippen molar-refractivity contribution in [3.63, 3.8) is 0 Å². The SMILES string of the molecule is c1ccc(-c2nc(-c3ccccc3)nc(-c3c(-n4c5ccccc5c5ccncc54)c(-n4c5ccccc5c5ccncc54)c(-c4nc5ccccc5s4)c(-n4c5ccccc5c5ccncc54)c3-n3c4ccccc4c4ccncc43)n2)cc1. The van der Waals surface area contributed by atoms with Gasteiger partial charge in [0.1, 0.15) is 5.01 Å². The van der Waals surface area contributed by atoms with Crippen LogP contribution in [-0.4, -0.2) is 58.1 Å². The first-order chi connectivity index (χ1) is 42.2. The van der Waals surface area contributed by atoms with Gasteiger partial charge in [-0.25, -0.2) is 19.9 Å². The maximum absolute atomic E-state index is 5.86. The number of hydrogen-bond donors (Lipinski definition) is 0. The summed E-state index contributed by atoms with van der Waals surface area (Å²) in [6, 6.07) is 72.0. The molecule has 396 valence electrons. The zero-order chi connectivity index (χ0) is 55.7. The van der Waals surface area contributed by atoms with Crippen molar-refractivity contribution < 1.29 is 0 Å². The van der Waals surface area contributed by atoms with Gasteiger partial charge in [0.2, 0.25) is 0 Å². The zero-order valence-electron chi connectivity index (χ0n) is 45.0. The van der Waals surface area contributed by atoms with Crippen LogP contribution in [0.15, 0.2) is 256 Å². The average molecular weight is 1110 g/mol. The number of rotatable bonds is 8. The Hall–Kier alpha value is -11.5. The smallest absolute Gasteiger partial charge is 0.168 e. The minimum Gasteiger partial charge on any atom is -0.305 e. The van der Waals surface area contributed by atoms with Crippen molar-refractivity contribution in [3.8, 4) is 67.5 Å². The van der Waals surface area contributed by atoms with Gasteiger partial charge in [-0.15, -0.1) is 11.3 Å². The highest BCUT2D eigenvalue weighted by molar-refractivity contribution is 7.21. The van der Waals surface area contributed by atoms with Crippen molar-refractivity contribution in [2.45, 2.75) is 0 Å². The molecule has 12 nitrogen and oxygen atoms in total. The van der Waals surface area contributed by atoms with Gasteiger partial charge in [-0.2, -0.15) is 0 Å². The van der Waals surface area contributed by atoms with Gasteiger partial charge in [0.15, 0.2) is 17.5 Å². The highest BCUT2D eigenvalue weighted by Crippen LogP contribution is 2.55. The Labute approximate surface area is 487 Å². The number of thiazole rings is 1. The largest absolute Gasteiger partial charge is 0.305 e. The standard InChI is InChI=1S/C72H42N12S/c1-3-17-43(18-4-1)69-78-70(44-19-5-2-6-20-44)80-71(79-69)63-65(81-54-26-12-7-21-45(54)49-31-35-73-39-58(49)81)67(83-56-28-14-9-23-47(56)51-33-37-75-41-60(51)83)64(72-77-53-25-11-16-30-62(53)85-72)68(84-57-29-15-10-24-48(57)52-34-38-76-42-61(52)84)66(63)82-55-27-13-8-22-46(55)50-32-36-74-40-59(50)82/h1-42H. The van der Waals surface area contributed by atoms with Gasteiger partial charge in [0.25, 0.3) is 0 Å². The summed E-state index contributed by atoms with van der Waals surface area (Å²) in [4.78, 5) is 42.8. The molecule has 0 fully saturated rings. The van der Waals surface area contributed by atoms with E-state index < -0.39 is 0 Å². The molecule has 0 unspecified atom stereocenters. The maximum atomic E-state index is 5.86. The molecule has 0 aliphatic rings. The van der Waals surface area contributed by atoms with Crippen LogP contribution in [0.1, 0.15) is 0 Å². The molecular weight excluding hydrogens is 1060 g/mol. The maximum Gasteiger partial charge on any atom is 0.168 e. The second-order valence-corrected chi connectivity index (χ2v) is 22.2. The quantitative estimate of drug-likeness (QED) is 0.147. The summed E-state index contributed by atoms with van der Waals surface area (Å²) >= 11 is 1.67. The van der Waals surface area contributed by atoms with Gasteiger partial charge in [-0.05, 0) is 60.7 Å². The third kappa shape index (κ3) is 6.95. The van der Waals surface area contributed by atoms with E-state index in [-0.39, 0.29) is 0 Å². The molecule has 10 heterocycles. The highest BCUT2D eigenvalue weighted by atomic mass is 32.1. The van der Waals surface area contributed by atoms with Crippen LogP contribution in [0.5, 0.6) is 0 Å². The molecule has 10 aromatic heterocycles. The second kappa shape index (κ2) is 18.5. The Morgan fingerprint density at radius 3 is 0.965 bits per heavy atom. The van der Waals surface area contributed by atoms with Crippen LogP contribution in [0.25, 0.3) is 165 Å². The molecule has 0 N–H and O–H groups in total. The fraction of sp³-hybridized carbons (Fsp3) is 0. The topological polar surface area (TPSA) is 123 Å². The first-order valence-corrected chi connectivity index (χ1v) is 28.9. The fourth-order valence-corrected chi connectivity index (χ4v) is 14.1. The number of pyridine rings is 4. The zero-order valence-corrected chi connectivity index (χ0v) is 45.8. The number of nitrogens with zero attached hydrogens (tertiary/aromatic N) is 12.